The molecule has 1 amide bonds. The van der Waals surface area contributed by atoms with Gasteiger partial charge in [-0.2, -0.15) is 0 Å². The smallest absolute Gasteiger partial charge is 0.243 e. The Bertz CT molecular complexity index is 415. The molecule has 0 aliphatic heterocycles. The third kappa shape index (κ3) is 6.72. The summed E-state index contributed by atoms with van der Waals surface area (Å²) in [6, 6.07) is 5.94. The largest absolute Gasteiger partial charge is 0.396 e. The molecule has 0 radical (unpaired) electrons. The predicted octanol–water partition coefficient (Wildman–Crippen LogP) is 2.36. The van der Waals surface area contributed by atoms with Crippen LogP contribution in [-0.2, 0) is 4.79 Å². The van der Waals surface area contributed by atoms with Crippen LogP contribution >= 0.6 is 0 Å². The first-order chi connectivity index (χ1) is 9.11. The van der Waals surface area contributed by atoms with E-state index >= 15 is 0 Å². The van der Waals surface area contributed by atoms with Crippen LogP contribution in [0.2, 0.25) is 0 Å². The van der Waals surface area contributed by atoms with Gasteiger partial charge in [-0.25, -0.2) is 4.39 Å². The van der Waals surface area contributed by atoms with Crippen molar-refractivity contribution in [3.63, 3.8) is 0 Å². The van der Waals surface area contributed by atoms with E-state index in [1.54, 1.807) is 18.2 Å². The van der Waals surface area contributed by atoms with Crippen LogP contribution in [0.5, 0.6) is 0 Å². The summed E-state index contributed by atoms with van der Waals surface area (Å²) in [5.41, 5.74) is 0.783. The van der Waals surface area contributed by atoms with Gasteiger partial charge in [0.05, 0.1) is 0 Å². The van der Waals surface area contributed by atoms with Crippen molar-refractivity contribution in [2.45, 2.75) is 19.8 Å². The molecule has 0 aliphatic rings. The van der Waals surface area contributed by atoms with E-state index in [1.165, 1.54) is 18.2 Å². The SMILES string of the molecule is CC(CO)CCCNC(=O)/C=C/c1ccc(F)cc1. The Hall–Kier alpha value is -1.68. The van der Waals surface area contributed by atoms with E-state index in [0.29, 0.717) is 6.54 Å². The first-order valence-corrected chi connectivity index (χ1v) is 6.44. The molecule has 1 aromatic rings. The lowest BCUT2D eigenvalue weighted by Crippen LogP contribution is -2.22. The maximum atomic E-state index is 12.7. The highest BCUT2D eigenvalue weighted by Crippen LogP contribution is 2.05. The molecule has 19 heavy (non-hydrogen) atoms. The van der Waals surface area contributed by atoms with Crippen LogP contribution in [0.1, 0.15) is 25.3 Å². The Morgan fingerprint density at radius 2 is 2.11 bits per heavy atom. The molecule has 0 heterocycles. The van der Waals surface area contributed by atoms with E-state index < -0.39 is 0 Å². The van der Waals surface area contributed by atoms with Gasteiger partial charge < -0.3 is 10.4 Å². The van der Waals surface area contributed by atoms with Crippen LogP contribution < -0.4 is 5.32 Å². The Kier molecular flexibility index (Phi) is 6.82. The number of nitrogens with one attached hydrogen (secondary N) is 1. The van der Waals surface area contributed by atoms with E-state index in [2.05, 4.69) is 5.32 Å². The fourth-order valence-electron chi connectivity index (χ4n) is 1.56. The van der Waals surface area contributed by atoms with Crippen molar-refractivity contribution < 1.29 is 14.3 Å². The van der Waals surface area contributed by atoms with Crippen molar-refractivity contribution in [2.75, 3.05) is 13.2 Å². The first-order valence-electron chi connectivity index (χ1n) is 6.44. The zero-order valence-corrected chi connectivity index (χ0v) is 11.1. The summed E-state index contributed by atoms with van der Waals surface area (Å²) in [7, 11) is 0. The van der Waals surface area contributed by atoms with Crippen LogP contribution in [0.25, 0.3) is 6.08 Å². The molecule has 1 unspecified atom stereocenters. The van der Waals surface area contributed by atoms with E-state index in [-0.39, 0.29) is 24.2 Å². The summed E-state index contributed by atoms with van der Waals surface area (Å²) >= 11 is 0. The molecule has 1 rings (SSSR count). The minimum Gasteiger partial charge on any atom is -0.396 e. The number of aliphatic hydroxyl groups excluding tert-OH is 1. The molecule has 0 bridgehead atoms. The van der Waals surface area contributed by atoms with Gasteiger partial charge in [0.15, 0.2) is 0 Å². The Balaban J connectivity index is 2.25. The molecular weight excluding hydrogens is 245 g/mol. The molecule has 0 saturated heterocycles. The molecule has 4 heteroatoms. The lowest BCUT2D eigenvalue weighted by molar-refractivity contribution is -0.116. The first kappa shape index (κ1) is 15.4. The summed E-state index contributed by atoms with van der Waals surface area (Å²) in [5.74, 6) is -0.188. The third-order valence-electron chi connectivity index (χ3n) is 2.78. The second-order valence-corrected chi connectivity index (χ2v) is 4.61. The molecule has 0 saturated carbocycles. The number of benzene rings is 1. The van der Waals surface area contributed by atoms with Crippen molar-refractivity contribution in [3.8, 4) is 0 Å². The van der Waals surface area contributed by atoms with Gasteiger partial charge in [0.2, 0.25) is 5.91 Å². The molecule has 1 aromatic carbocycles. The van der Waals surface area contributed by atoms with Gasteiger partial charge in [-0.05, 0) is 42.5 Å². The number of carbonyl (C=O) groups excluding carboxylic acids is 1. The van der Waals surface area contributed by atoms with Crippen LogP contribution in [0.15, 0.2) is 30.3 Å². The highest BCUT2D eigenvalue weighted by Gasteiger charge is 2.00. The number of carbonyl (C=O) groups is 1. The van der Waals surface area contributed by atoms with Crippen LogP contribution in [-0.4, -0.2) is 24.2 Å². The highest BCUT2D eigenvalue weighted by molar-refractivity contribution is 5.91. The van der Waals surface area contributed by atoms with E-state index in [1.807, 2.05) is 6.92 Å². The molecule has 1 atom stereocenters. The second-order valence-electron chi connectivity index (χ2n) is 4.61. The number of hydrogen-bond donors (Lipinski definition) is 2. The number of aliphatic hydroxyl groups is 1. The highest BCUT2D eigenvalue weighted by atomic mass is 19.1. The van der Waals surface area contributed by atoms with Crippen molar-refractivity contribution >= 4 is 12.0 Å². The Morgan fingerprint density at radius 1 is 1.42 bits per heavy atom. The molecular formula is C15H20FNO2. The lowest BCUT2D eigenvalue weighted by Gasteiger charge is -2.07. The number of rotatable bonds is 7. The van der Waals surface area contributed by atoms with Gasteiger partial charge in [-0.15, -0.1) is 0 Å². The minimum absolute atomic E-state index is 0.166. The average molecular weight is 265 g/mol. The molecule has 0 fully saturated rings. The van der Waals surface area contributed by atoms with Gasteiger partial charge >= 0.3 is 0 Å². The second kappa shape index (κ2) is 8.43. The molecule has 0 spiro atoms. The quantitative estimate of drug-likeness (QED) is 0.587. The van der Waals surface area contributed by atoms with Crippen LogP contribution in [0, 0.1) is 11.7 Å². The van der Waals surface area contributed by atoms with Crippen LogP contribution in [0.3, 0.4) is 0 Å². The Morgan fingerprint density at radius 3 is 2.74 bits per heavy atom. The number of amides is 1. The van der Waals surface area contributed by atoms with Gasteiger partial charge in [-0.1, -0.05) is 19.1 Å². The fourth-order valence-corrected chi connectivity index (χ4v) is 1.56. The van der Waals surface area contributed by atoms with Gasteiger partial charge in [0.1, 0.15) is 5.82 Å². The number of halogens is 1. The molecule has 0 aliphatic carbocycles. The van der Waals surface area contributed by atoms with Crippen molar-refractivity contribution in [3.05, 3.63) is 41.7 Å². The predicted molar refractivity (Wildman–Crippen MR) is 73.9 cm³/mol. The van der Waals surface area contributed by atoms with Crippen molar-refractivity contribution in [1.29, 1.82) is 0 Å². The average Bonchev–Trinajstić information content (AvgIpc) is 2.42. The standard InChI is InChI=1S/C15H20FNO2/c1-12(11-18)3-2-10-17-15(19)9-6-13-4-7-14(16)8-5-13/h4-9,12,18H,2-3,10-11H2,1H3,(H,17,19)/b9-6+. The van der Waals surface area contributed by atoms with Gasteiger partial charge in [0.25, 0.3) is 0 Å². The maximum absolute atomic E-state index is 12.7. The summed E-state index contributed by atoms with van der Waals surface area (Å²) in [6.45, 7) is 2.74. The molecule has 104 valence electrons. The zero-order valence-electron chi connectivity index (χ0n) is 11.1. The Labute approximate surface area is 113 Å². The zero-order chi connectivity index (χ0) is 14.1. The van der Waals surface area contributed by atoms with E-state index in [0.717, 1.165) is 18.4 Å². The minimum atomic E-state index is -0.292. The monoisotopic (exact) mass is 265 g/mol. The fraction of sp³-hybridized carbons (Fsp3) is 0.400. The summed E-state index contributed by atoms with van der Waals surface area (Å²) in [4.78, 5) is 11.5. The van der Waals surface area contributed by atoms with E-state index in [4.69, 9.17) is 5.11 Å². The molecule has 0 aromatic heterocycles. The van der Waals surface area contributed by atoms with Gasteiger partial charge in [0, 0.05) is 19.2 Å². The van der Waals surface area contributed by atoms with Gasteiger partial charge in [-0.3, -0.25) is 4.79 Å². The van der Waals surface area contributed by atoms with Crippen molar-refractivity contribution in [1.82, 2.24) is 5.32 Å². The molecule has 3 nitrogen and oxygen atoms in total. The summed E-state index contributed by atoms with van der Waals surface area (Å²) in [5, 5.41) is 11.6. The molecule has 2 N–H and O–H groups in total. The van der Waals surface area contributed by atoms with Crippen molar-refractivity contribution in [2.24, 2.45) is 5.92 Å². The normalized spacial score (nSPS) is 12.6. The van der Waals surface area contributed by atoms with Crippen LogP contribution in [0.4, 0.5) is 4.39 Å². The summed E-state index contributed by atoms with van der Waals surface area (Å²) in [6.07, 6.45) is 4.81. The van der Waals surface area contributed by atoms with E-state index in [9.17, 15) is 9.18 Å². The topological polar surface area (TPSA) is 49.3 Å². The lowest BCUT2D eigenvalue weighted by atomic mass is 10.1. The number of hydrogen-bond acceptors (Lipinski definition) is 2. The maximum Gasteiger partial charge on any atom is 0.243 e. The third-order valence-corrected chi connectivity index (χ3v) is 2.78. The summed E-state index contributed by atoms with van der Waals surface area (Å²) < 4.78 is 12.7.